The van der Waals surface area contributed by atoms with E-state index < -0.39 is 6.10 Å². The van der Waals surface area contributed by atoms with E-state index >= 15 is 0 Å². The number of benzene rings is 1. The fourth-order valence-electron chi connectivity index (χ4n) is 1.79. The highest BCUT2D eigenvalue weighted by molar-refractivity contribution is 5.62. The van der Waals surface area contributed by atoms with Crippen molar-refractivity contribution in [3.63, 3.8) is 0 Å². The number of aliphatic hydroxyl groups is 1. The van der Waals surface area contributed by atoms with Gasteiger partial charge in [0.25, 0.3) is 0 Å². The molecule has 0 radical (unpaired) electrons. The zero-order valence-corrected chi connectivity index (χ0v) is 10.0. The van der Waals surface area contributed by atoms with Crippen LogP contribution >= 0.6 is 0 Å². The van der Waals surface area contributed by atoms with Crippen LogP contribution in [0, 0.1) is 0 Å². The SMILES string of the molecule is CC(O)c1cccnc1N(C)c1ccccc1. The lowest BCUT2D eigenvalue weighted by Gasteiger charge is -2.22. The first-order valence-electron chi connectivity index (χ1n) is 5.62. The predicted octanol–water partition coefficient (Wildman–Crippen LogP) is 2.90. The second kappa shape index (κ2) is 4.97. The predicted molar refractivity (Wildman–Crippen MR) is 69.4 cm³/mol. The fourth-order valence-corrected chi connectivity index (χ4v) is 1.79. The van der Waals surface area contributed by atoms with Gasteiger partial charge in [0, 0.05) is 24.5 Å². The number of anilines is 2. The molecule has 1 atom stereocenters. The van der Waals surface area contributed by atoms with Crippen molar-refractivity contribution in [1.82, 2.24) is 4.98 Å². The van der Waals surface area contributed by atoms with E-state index in [9.17, 15) is 5.11 Å². The molecule has 17 heavy (non-hydrogen) atoms. The average Bonchev–Trinajstić information content (AvgIpc) is 2.39. The molecule has 1 heterocycles. The summed E-state index contributed by atoms with van der Waals surface area (Å²) < 4.78 is 0. The first-order valence-corrected chi connectivity index (χ1v) is 5.62. The Morgan fingerprint density at radius 3 is 2.47 bits per heavy atom. The Kier molecular flexibility index (Phi) is 3.40. The topological polar surface area (TPSA) is 36.4 Å². The van der Waals surface area contributed by atoms with Crippen molar-refractivity contribution in [3.05, 3.63) is 54.2 Å². The maximum absolute atomic E-state index is 9.73. The summed E-state index contributed by atoms with van der Waals surface area (Å²) in [6, 6.07) is 13.7. The first-order chi connectivity index (χ1) is 8.20. The Bertz CT molecular complexity index is 483. The number of para-hydroxylation sites is 1. The van der Waals surface area contributed by atoms with Gasteiger partial charge < -0.3 is 10.0 Å². The Morgan fingerprint density at radius 1 is 1.12 bits per heavy atom. The molecule has 0 amide bonds. The number of hydrogen-bond acceptors (Lipinski definition) is 3. The Labute approximate surface area is 101 Å². The summed E-state index contributed by atoms with van der Waals surface area (Å²) in [7, 11) is 1.95. The molecule has 0 aliphatic rings. The van der Waals surface area contributed by atoms with E-state index in [0.717, 1.165) is 17.1 Å². The summed E-state index contributed by atoms with van der Waals surface area (Å²) in [6.07, 6.45) is 1.21. The molecule has 2 rings (SSSR count). The zero-order chi connectivity index (χ0) is 12.3. The Morgan fingerprint density at radius 2 is 1.82 bits per heavy atom. The van der Waals surface area contributed by atoms with Gasteiger partial charge in [-0.05, 0) is 25.1 Å². The molecular weight excluding hydrogens is 212 g/mol. The van der Waals surface area contributed by atoms with Crippen molar-refractivity contribution in [2.75, 3.05) is 11.9 Å². The third-order valence-electron chi connectivity index (χ3n) is 2.73. The number of rotatable bonds is 3. The summed E-state index contributed by atoms with van der Waals surface area (Å²) in [5, 5.41) is 9.73. The second-order valence-electron chi connectivity index (χ2n) is 3.99. The van der Waals surface area contributed by atoms with E-state index in [2.05, 4.69) is 4.98 Å². The minimum atomic E-state index is -0.523. The van der Waals surface area contributed by atoms with Gasteiger partial charge in [-0.15, -0.1) is 0 Å². The smallest absolute Gasteiger partial charge is 0.138 e. The van der Waals surface area contributed by atoms with Crippen molar-refractivity contribution < 1.29 is 5.11 Å². The van der Waals surface area contributed by atoms with Crippen LogP contribution in [0.3, 0.4) is 0 Å². The van der Waals surface area contributed by atoms with Crippen LogP contribution in [0.1, 0.15) is 18.6 Å². The van der Waals surface area contributed by atoms with Gasteiger partial charge in [0.1, 0.15) is 5.82 Å². The average molecular weight is 228 g/mol. The van der Waals surface area contributed by atoms with Gasteiger partial charge in [0.2, 0.25) is 0 Å². The summed E-state index contributed by atoms with van der Waals surface area (Å²) >= 11 is 0. The molecule has 3 nitrogen and oxygen atoms in total. The Balaban J connectivity index is 2.41. The standard InChI is InChI=1S/C14H16N2O/c1-11(17)13-9-6-10-15-14(13)16(2)12-7-4-3-5-8-12/h3-11,17H,1-2H3. The maximum atomic E-state index is 9.73. The zero-order valence-electron chi connectivity index (χ0n) is 10.0. The van der Waals surface area contributed by atoms with Crippen LogP contribution in [0.2, 0.25) is 0 Å². The summed E-state index contributed by atoms with van der Waals surface area (Å²) in [4.78, 5) is 6.32. The lowest BCUT2D eigenvalue weighted by atomic mass is 10.1. The van der Waals surface area contributed by atoms with Crippen LogP contribution in [0.4, 0.5) is 11.5 Å². The highest BCUT2D eigenvalue weighted by atomic mass is 16.3. The van der Waals surface area contributed by atoms with Crippen LogP contribution in [0.25, 0.3) is 0 Å². The monoisotopic (exact) mass is 228 g/mol. The number of nitrogens with zero attached hydrogens (tertiary/aromatic N) is 2. The van der Waals surface area contributed by atoms with Crippen LogP contribution in [0.15, 0.2) is 48.7 Å². The molecule has 0 bridgehead atoms. The molecule has 1 unspecified atom stereocenters. The van der Waals surface area contributed by atoms with Gasteiger partial charge in [-0.3, -0.25) is 0 Å². The molecule has 0 fully saturated rings. The van der Waals surface area contributed by atoms with Crippen molar-refractivity contribution in [2.24, 2.45) is 0 Å². The van der Waals surface area contributed by atoms with E-state index in [1.165, 1.54) is 0 Å². The molecule has 0 spiro atoms. The molecule has 3 heteroatoms. The molecule has 88 valence electrons. The van der Waals surface area contributed by atoms with E-state index in [-0.39, 0.29) is 0 Å². The lowest BCUT2D eigenvalue weighted by molar-refractivity contribution is 0.199. The van der Waals surface area contributed by atoms with Crippen LogP contribution in [-0.4, -0.2) is 17.1 Å². The molecule has 0 saturated carbocycles. The van der Waals surface area contributed by atoms with E-state index in [1.807, 2.05) is 54.4 Å². The van der Waals surface area contributed by atoms with Crippen molar-refractivity contribution in [2.45, 2.75) is 13.0 Å². The minimum absolute atomic E-state index is 0.523. The number of pyridine rings is 1. The molecule has 1 aromatic carbocycles. The van der Waals surface area contributed by atoms with Crippen LogP contribution < -0.4 is 4.90 Å². The third-order valence-corrected chi connectivity index (χ3v) is 2.73. The van der Waals surface area contributed by atoms with E-state index in [1.54, 1.807) is 13.1 Å². The summed E-state index contributed by atoms with van der Waals surface area (Å²) in [5.41, 5.74) is 1.88. The van der Waals surface area contributed by atoms with Crippen molar-refractivity contribution in [3.8, 4) is 0 Å². The highest BCUT2D eigenvalue weighted by Gasteiger charge is 2.13. The normalized spacial score (nSPS) is 12.2. The maximum Gasteiger partial charge on any atom is 0.138 e. The van der Waals surface area contributed by atoms with Gasteiger partial charge in [-0.2, -0.15) is 0 Å². The van der Waals surface area contributed by atoms with Gasteiger partial charge in [0.05, 0.1) is 6.10 Å². The number of hydrogen-bond donors (Lipinski definition) is 1. The molecule has 0 aliphatic heterocycles. The fraction of sp³-hybridized carbons (Fsp3) is 0.214. The van der Waals surface area contributed by atoms with Gasteiger partial charge >= 0.3 is 0 Å². The van der Waals surface area contributed by atoms with E-state index in [0.29, 0.717) is 0 Å². The summed E-state index contributed by atoms with van der Waals surface area (Å²) in [5.74, 6) is 0.786. The van der Waals surface area contributed by atoms with Crippen LogP contribution in [0.5, 0.6) is 0 Å². The molecule has 0 aliphatic carbocycles. The highest BCUT2D eigenvalue weighted by Crippen LogP contribution is 2.28. The number of aromatic nitrogens is 1. The van der Waals surface area contributed by atoms with Crippen molar-refractivity contribution in [1.29, 1.82) is 0 Å². The molecule has 1 N–H and O–H groups in total. The minimum Gasteiger partial charge on any atom is -0.389 e. The lowest BCUT2D eigenvalue weighted by Crippen LogP contribution is -2.14. The quantitative estimate of drug-likeness (QED) is 0.877. The van der Waals surface area contributed by atoms with Gasteiger partial charge in [-0.25, -0.2) is 4.98 Å². The largest absolute Gasteiger partial charge is 0.389 e. The third kappa shape index (κ3) is 2.45. The van der Waals surface area contributed by atoms with Gasteiger partial charge in [-0.1, -0.05) is 24.3 Å². The Hall–Kier alpha value is -1.87. The van der Waals surface area contributed by atoms with Crippen LogP contribution in [-0.2, 0) is 0 Å². The second-order valence-corrected chi connectivity index (χ2v) is 3.99. The molecule has 2 aromatic rings. The molecular formula is C14H16N2O. The number of aliphatic hydroxyl groups excluding tert-OH is 1. The van der Waals surface area contributed by atoms with Gasteiger partial charge in [0.15, 0.2) is 0 Å². The molecule has 0 saturated heterocycles. The van der Waals surface area contributed by atoms with E-state index in [4.69, 9.17) is 0 Å². The summed E-state index contributed by atoms with van der Waals surface area (Å²) in [6.45, 7) is 1.75. The van der Waals surface area contributed by atoms with Crippen molar-refractivity contribution >= 4 is 11.5 Å². The molecule has 1 aromatic heterocycles. The first kappa shape index (κ1) is 11.6.